The monoisotopic (exact) mass is 465 g/mol. The number of carbonyl (C=O) groups is 1. The topological polar surface area (TPSA) is 92.7 Å². The number of nitrogens with one attached hydrogen (secondary N) is 1. The van der Waals surface area contributed by atoms with E-state index in [1.165, 1.54) is 30.3 Å². The second-order valence-electron chi connectivity index (χ2n) is 6.79. The molecular formula is C21H14ClF2NO5S. The predicted molar refractivity (Wildman–Crippen MR) is 110 cm³/mol. The molecule has 0 amide bonds. The van der Waals surface area contributed by atoms with Gasteiger partial charge in [0, 0.05) is 6.42 Å². The number of benzene rings is 3. The van der Waals surface area contributed by atoms with Gasteiger partial charge >= 0.3 is 5.97 Å². The number of halogens is 3. The smallest absolute Gasteiger partial charge is 0.338 e. The van der Waals surface area contributed by atoms with Crippen LogP contribution in [-0.2, 0) is 21.2 Å². The molecule has 4 rings (SSSR count). The van der Waals surface area contributed by atoms with E-state index in [9.17, 15) is 27.1 Å². The van der Waals surface area contributed by atoms with Crippen LogP contribution in [0.2, 0.25) is 5.02 Å². The number of carbonyl (C=O) groups excluding carboxylic acids is 1. The number of ether oxygens (including phenoxy) is 1. The van der Waals surface area contributed by atoms with Crippen molar-refractivity contribution in [2.45, 2.75) is 11.3 Å². The summed E-state index contributed by atoms with van der Waals surface area (Å²) in [6, 6.07) is 9.61. The summed E-state index contributed by atoms with van der Waals surface area (Å²) in [6.07, 6.45) is 0.149. The predicted octanol–water partition coefficient (Wildman–Crippen LogP) is 4.50. The van der Waals surface area contributed by atoms with Crippen LogP contribution in [0.5, 0.6) is 5.75 Å². The van der Waals surface area contributed by atoms with E-state index in [0.717, 1.165) is 18.2 Å². The van der Waals surface area contributed by atoms with E-state index >= 15 is 0 Å². The molecule has 6 nitrogen and oxygen atoms in total. The first-order valence-electron chi connectivity index (χ1n) is 8.96. The van der Waals surface area contributed by atoms with Crippen LogP contribution in [0.15, 0.2) is 53.4 Å². The lowest BCUT2D eigenvalue weighted by Gasteiger charge is -2.16. The SMILES string of the molecule is O=C1OCCc2cc(F)ccc2-c2ccc(F)c(c2)NS(=O)(=O)c2cc1cc(Cl)c2O. The number of hydrogen-bond donors (Lipinski definition) is 2. The minimum absolute atomic E-state index is 0.137. The maximum absolute atomic E-state index is 14.4. The Morgan fingerprint density at radius 2 is 1.81 bits per heavy atom. The molecule has 1 aliphatic heterocycles. The molecule has 2 N–H and O–H groups in total. The van der Waals surface area contributed by atoms with Crippen molar-refractivity contribution in [2.24, 2.45) is 0 Å². The molecule has 1 heterocycles. The molecule has 160 valence electrons. The first-order valence-corrected chi connectivity index (χ1v) is 10.8. The molecule has 1 aliphatic rings. The highest BCUT2D eigenvalue weighted by Gasteiger charge is 2.26. The molecule has 0 aliphatic carbocycles. The van der Waals surface area contributed by atoms with Crippen LogP contribution < -0.4 is 4.72 Å². The van der Waals surface area contributed by atoms with Crippen molar-refractivity contribution in [2.75, 3.05) is 11.3 Å². The Balaban J connectivity index is 1.94. The van der Waals surface area contributed by atoms with Crippen molar-refractivity contribution >= 4 is 33.3 Å². The Kier molecular flexibility index (Phi) is 5.32. The van der Waals surface area contributed by atoms with Crippen molar-refractivity contribution in [1.29, 1.82) is 0 Å². The summed E-state index contributed by atoms with van der Waals surface area (Å²) in [5, 5.41) is 9.75. The third-order valence-electron chi connectivity index (χ3n) is 4.75. The van der Waals surface area contributed by atoms with Gasteiger partial charge in [-0.1, -0.05) is 23.7 Å². The molecule has 0 radical (unpaired) electrons. The number of hydrogen-bond acceptors (Lipinski definition) is 5. The van der Waals surface area contributed by atoms with Gasteiger partial charge in [0.1, 0.15) is 16.5 Å². The van der Waals surface area contributed by atoms with Crippen LogP contribution in [0.3, 0.4) is 0 Å². The van der Waals surface area contributed by atoms with E-state index in [2.05, 4.69) is 4.72 Å². The fourth-order valence-corrected chi connectivity index (χ4v) is 4.73. The molecule has 31 heavy (non-hydrogen) atoms. The quantitative estimate of drug-likeness (QED) is 0.477. The molecule has 3 aromatic carbocycles. The van der Waals surface area contributed by atoms with Gasteiger partial charge in [-0.2, -0.15) is 0 Å². The van der Waals surface area contributed by atoms with Gasteiger partial charge in [-0.15, -0.1) is 0 Å². The van der Waals surface area contributed by atoms with Gasteiger partial charge in [-0.3, -0.25) is 4.72 Å². The lowest BCUT2D eigenvalue weighted by atomic mass is 9.97. The number of fused-ring (bicyclic) bond motifs is 6. The van der Waals surface area contributed by atoms with E-state index in [-0.39, 0.29) is 18.6 Å². The maximum atomic E-state index is 14.4. The number of sulfonamides is 1. The van der Waals surface area contributed by atoms with Gasteiger partial charge in [-0.05, 0) is 53.1 Å². The summed E-state index contributed by atoms with van der Waals surface area (Å²) < 4.78 is 61.2. The molecule has 0 aromatic heterocycles. The van der Waals surface area contributed by atoms with Gasteiger partial charge in [0.15, 0.2) is 5.75 Å². The number of anilines is 1. The normalized spacial score (nSPS) is 15.3. The van der Waals surface area contributed by atoms with Crippen molar-refractivity contribution in [1.82, 2.24) is 0 Å². The third-order valence-corrected chi connectivity index (χ3v) is 6.41. The number of phenols is 1. The first kappa shape index (κ1) is 21.1. The van der Waals surface area contributed by atoms with Gasteiger partial charge in [0.25, 0.3) is 10.0 Å². The minimum Gasteiger partial charge on any atom is -0.505 e. The van der Waals surface area contributed by atoms with Crippen LogP contribution in [0.25, 0.3) is 11.1 Å². The molecule has 0 spiro atoms. The fraction of sp³-hybridized carbons (Fsp3) is 0.0952. The van der Waals surface area contributed by atoms with Gasteiger partial charge in [0.2, 0.25) is 0 Å². The largest absolute Gasteiger partial charge is 0.505 e. The van der Waals surface area contributed by atoms with Crippen molar-refractivity contribution in [3.63, 3.8) is 0 Å². The second kappa shape index (κ2) is 7.82. The Hall–Kier alpha value is -3.17. The number of esters is 1. The lowest BCUT2D eigenvalue weighted by Crippen LogP contribution is -2.16. The fourth-order valence-electron chi connectivity index (χ4n) is 3.26. The standard InChI is InChI=1S/C21H14ClF2NO5S/c22-16-8-13-10-19(20(16)26)31(28,29)25-18-9-11(1-4-17(18)24)15-3-2-14(23)7-12(15)5-6-30-21(13)27/h1-4,7-10,25-26H,5-6H2. The second-order valence-corrected chi connectivity index (χ2v) is 8.85. The molecule has 3 aromatic rings. The summed E-state index contributed by atoms with van der Waals surface area (Å²) in [7, 11) is -4.54. The Bertz CT molecular complexity index is 1330. The highest BCUT2D eigenvalue weighted by molar-refractivity contribution is 7.92. The van der Waals surface area contributed by atoms with Gasteiger partial charge in [0.05, 0.1) is 22.9 Å². The van der Waals surface area contributed by atoms with E-state index in [1.807, 2.05) is 0 Å². The number of cyclic esters (lactones) is 1. The summed E-state index contributed by atoms with van der Waals surface area (Å²) >= 11 is 5.89. The Morgan fingerprint density at radius 3 is 2.58 bits per heavy atom. The third kappa shape index (κ3) is 4.06. The van der Waals surface area contributed by atoms with Crippen LogP contribution in [0, 0.1) is 11.6 Å². The lowest BCUT2D eigenvalue weighted by molar-refractivity contribution is 0.0509. The van der Waals surface area contributed by atoms with Crippen LogP contribution >= 0.6 is 11.6 Å². The maximum Gasteiger partial charge on any atom is 0.338 e. The average molecular weight is 466 g/mol. The van der Waals surface area contributed by atoms with Crippen molar-refractivity contribution in [3.05, 3.63) is 76.3 Å². The van der Waals surface area contributed by atoms with E-state index in [0.29, 0.717) is 16.7 Å². The van der Waals surface area contributed by atoms with Crippen LogP contribution in [-0.4, -0.2) is 26.1 Å². The molecule has 0 saturated carbocycles. The molecule has 0 fully saturated rings. The molecule has 10 heteroatoms. The first-order chi connectivity index (χ1) is 14.7. The summed E-state index contributed by atoms with van der Waals surface area (Å²) in [5.41, 5.74) is 0.782. The molecular weight excluding hydrogens is 452 g/mol. The van der Waals surface area contributed by atoms with E-state index in [1.54, 1.807) is 0 Å². The van der Waals surface area contributed by atoms with Gasteiger partial charge in [-0.25, -0.2) is 22.0 Å². The zero-order valence-electron chi connectivity index (χ0n) is 15.7. The highest BCUT2D eigenvalue weighted by atomic mass is 35.5. The van der Waals surface area contributed by atoms with E-state index < -0.39 is 49.0 Å². The van der Waals surface area contributed by atoms with Crippen molar-refractivity contribution < 1.29 is 31.8 Å². The zero-order chi connectivity index (χ0) is 22.3. The van der Waals surface area contributed by atoms with Crippen LogP contribution in [0.4, 0.5) is 14.5 Å². The summed E-state index contributed by atoms with van der Waals surface area (Å²) in [4.78, 5) is 11.7. The molecule has 0 saturated heterocycles. The number of aromatic hydroxyl groups is 1. The number of phenolic OH excluding ortho intramolecular Hbond substituents is 1. The average Bonchev–Trinajstić information content (AvgIpc) is 2.71. The molecule has 4 bridgehead atoms. The summed E-state index contributed by atoms with van der Waals surface area (Å²) in [5.74, 6) is -3.07. The van der Waals surface area contributed by atoms with Crippen molar-refractivity contribution in [3.8, 4) is 16.9 Å². The zero-order valence-corrected chi connectivity index (χ0v) is 17.2. The Morgan fingerprint density at radius 1 is 1.03 bits per heavy atom. The summed E-state index contributed by atoms with van der Waals surface area (Å²) in [6.45, 7) is -0.137. The molecule has 0 unspecified atom stereocenters. The van der Waals surface area contributed by atoms with Gasteiger partial charge < -0.3 is 9.84 Å². The van der Waals surface area contributed by atoms with E-state index in [4.69, 9.17) is 16.3 Å². The van der Waals surface area contributed by atoms with Crippen LogP contribution in [0.1, 0.15) is 15.9 Å². The number of rotatable bonds is 0. The Labute approximate surface area is 181 Å². The molecule has 0 atom stereocenters. The highest BCUT2D eigenvalue weighted by Crippen LogP contribution is 2.35. The minimum atomic E-state index is -4.54.